The van der Waals surface area contributed by atoms with Gasteiger partial charge in [-0.25, -0.2) is 13.2 Å². The van der Waals surface area contributed by atoms with Gasteiger partial charge in [0.1, 0.15) is 6.54 Å². The van der Waals surface area contributed by atoms with Crippen molar-refractivity contribution < 1.29 is 28.2 Å². The lowest BCUT2D eigenvalue weighted by atomic mass is 9.92. The van der Waals surface area contributed by atoms with E-state index in [0.29, 0.717) is 20.5 Å². The number of halogens is 2. The highest BCUT2D eigenvalue weighted by Gasteiger charge is 2.54. The molecule has 0 amide bonds. The predicted molar refractivity (Wildman–Crippen MR) is 129 cm³/mol. The Morgan fingerprint density at radius 3 is 1.88 bits per heavy atom. The summed E-state index contributed by atoms with van der Waals surface area (Å²) in [6.45, 7) is 0.290. The second-order valence-corrected chi connectivity index (χ2v) is 10.4. The molecule has 0 saturated heterocycles. The van der Waals surface area contributed by atoms with Crippen LogP contribution in [-0.4, -0.2) is 46.4 Å². The van der Waals surface area contributed by atoms with E-state index < -0.39 is 39.4 Å². The zero-order valence-corrected chi connectivity index (χ0v) is 20.3. The van der Waals surface area contributed by atoms with E-state index in [1.54, 1.807) is 54.6 Å². The maximum absolute atomic E-state index is 13.5. The summed E-state index contributed by atoms with van der Waals surface area (Å²) < 4.78 is 27.4. The summed E-state index contributed by atoms with van der Waals surface area (Å²) in [6, 6.07) is 20.7. The number of hydrogen-bond donors (Lipinski definition) is 2. The molecule has 0 fully saturated rings. The number of benzene rings is 3. The minimum atomic E-state index is -4.64. The van der Waals surface area contributed by atoms with Crippen molar-refractivity contribution in [2.45, 2.75) is 22.7 Å². The van der Waals surface area contributed by atoms with Crippen LogP contribution in [0.4, 0.5) is 0 Å². The van der Waals surface area contributed by atoms with Crippen molar-refractivity contribution in [2.75, 3.05) is 6.54 Å². The summed E-state index contributed by atoms with van der Waals surface area (Å²) in [7, 11) is -4.64. The molecule has 2 N–H and O–H groups in total. The molecule has 0 bridgehead atoms. The smallest absolute Gasteiger partial charge is 0.341 e. The molecule has 0 aliphatic carbocycles. The Bertz CT molecular complexity index is 1280. The molecule has 0 aliphatic heterocycles. The Hall–Kier alpha value is -2.91. The van der Waals surface area contributed by atoms with Crippen molar-refractivity contribution in [3.05, 3.63) is 89.4 Å². The van der Waals surface area contributed by atoms with Gasteiger partial charge < -0.3 is 10.2 Å². The fourth-order valence-corrected chi connectivity index (χ4v) is 5.74. The summed E-state index contributed by atoms with van der Waals surface area (Å²) in [4.78, 5) is 21.1. The number of carbonyl (C=O) groups is 2. The fourth-order valence-electron chi connectivity index (χ4n) is 3.56. The van der Waals surface area contributed by atoms with E-state index in [0.717, 1.165) is 5.56 Å². The molecule has 3 aromatic carbocycles. The minimum absolute atomic E-state index is 0.294. The Morgan fingerprint density at radius 2 is 1.41 bits per heavy atom. The molecular weight excluding hydrogens is 501 g/mol. The van der Waals surface area contributed by atoms with Crippen molar-refractivity contribution >= 4 is 45.2 Å². The Morgan fingerprint density at radius 1 is 0.912 bits per heavy atom. The van der Waals surface area contributed by atoms with E-state index in [2.05, 4.69) is 0 Å². The van der Waals surface area contributed by atoms with Gasteiger partial charge in [0.2, 0.25) is 15.0 Å². The van der Waals surface area contributed by atoms with Crippen LogP contribution in [0.3, 0.4) is 0 Å². The SMILES string of the molecule is C[C@@H](c1ccccc1)[C@@](Cl)(C(=O)O)N(CC(=O)O)S(=O)(=O)c1ccc(-c2ccc(Cl)cc2)cc1. The highest BCUT2D eigenvalue weighted by atomic mass is 35.5. The first-order valence-corrected chi connectivity index (χ1v) is 12.3. The van der Waals surface area contributed by atoms with E-state index in [9.17, 15) is 28.2 Å². The molecule has 0 heterocycles. The number of alkyl halides is 1. The van der Waals surface area contributed by atoms with Crippen LogP contribution in [0.15, 0.2) is 83.8 Å². The monoisotopic (exact) mass is 521 g/mol. The van der Waals surface area contributed by atoms with Crippen LogP contribution in [0.25, 0.3) is 11.1 Å². The van der Waals surface area contributed by atoms with Crippen LogP contribution in [0.2, 0.25) is 5.02 Å². The van der Waals surface area contributed by atoms with Crippen molar-refractivity contribution in [1.29, 1.82) is 0 Å². The van der Waals surface area contributed by atoms with Crippen molar-refractivity contribution in [1.82, 2.24) is 4.31 Å². The average Bonchev–Trinajstić information content (AvgIpc) is 2.82. The molecular formula is C24H21Cl2NO6S. The highest BCUT2D eigenvalue weighted by Crippen LogP contribution is 2.40. The molecule has 0 aliphatic rings. The summed E-state index contributed by atoms with van der Waals surface area (Å²) in [5.41, 5.74) is 1.91. The van der Waals surface area contributed by atoms with Crippen molar-refractivity contribution in [3.8, 4) is 11.1 Å². The Balaban J connectivity index is 2.08. The van der Waals surface area contributed by atoms with E-state index in [-0.39, 0.29) is 4.90 Å². The summed E-state index contributed by atoms with van der Waals surface area (Å²) >= 11 is 12.4. The quantitative estimate of drug-likeness (QED) is 0.305. The van der Waals surface area contributed by atoms with Gasteiger partial charge in [-0.2, -0.15) is 4.31 Å². The number of aliphatic carboxylic acids is 2. The lowest BCUT2D eigenvalue weighted by Crippen LogP contribution is -2.57. The lowest BCUT2D eigenvalue weighted by Gasteiger charge is -2.38. The van der Waals surface area contributed by atoms with Gasteiger partial charge in [-0.05, 0) is 41.0 Å². The van der Waals surface area contributed by atoms with E-state index in [1.165, 1.54) is 31.2 Å². The van der Waals surface area contributed by atoms with Crippen molar-refractivity contribution in [2.24, 2.45) is 0 Å². The standard InChI is InChI=1S/C24H21Cl2NO6S/c1-16(17-5-3-2-4-6-17)24(26,23(30)31)27(15-22(28)29)34(32,33)21-13-9-19(10-14-21)18-7-11-20(25)12-8-18/h2-14,16H,15H2,1H3,(H,28,29)(H,30,31)/t16-,24-/m0/s1. The maximum Gasteiger partial charge on any atom is 0.341 e. The van der Waals surface area contributed by atoms with Gasteiger partial charge in [0, 0.05) is 10.9 Å². The first-order chi connectivity index (χ1) is 16.0. The van der Waals surface area contributed by atoms with Gasteiger partial charge in [-0.15, -0.1) is 0 Å². The predicted octanol–water partition coefficient (Wildman–Crippen LogP) is 4.91. The van der Waals surface area contributed by atoms with E-state index in [4.69, 9.17) is 23.2 Å². The molecule has 3 aromatic rings. The molecule has 2 atom stereocenters. The maximum atomic E-state index is 13.5. The summed E-state index contributed by atoms with van der Waals surface area (Å²) in [5, 5.41) is 20.0. The molecule has 3 rings (SSSR count). The lowest BCUT2D eigenvalue weighted by molar-refractivity contribution is -0.146. The van der Waals surface area contributed by atoms with E-state index >= 15 is 0 Å². The second-order valence-electron chi connectivity index (χ2n) is 7.55. The summed E-state index contributed by atoms with van der Waals surface area (Å²) in [6.07, 6.45) is 0. The van der Waals surface area contributed by atoms with Gasteiger partial charge in [-0.1, -0.05) is 84.7 Å². The topological polar surface area (TPSA) is 112 Å². The van der Waals surface area contributed by atoms with Crippen molar-refractivity contribution in [3.63, 3.8) is 0 Å². The van der Waals surface area contributed by atoms with Gasteiger partial charge in [0.25, 0.3) is 0 Å². The molecule has 34 heavy (non-hydrogen) atoms. The molecule has 7 nitrogen and oxygen atoms in total. The largest absolute Gasteiger partial charge is 0.480 e. The second kappa shape index (κ2) is 10.1. The third-order valence-corrected chi connectivity index (χ3v) is 8.35. The van der Waals surface area contributed by atoms with Gasteiger partial charge >= 0.3 is 11.9 Å². The number of hydrogen-bond acceptors (Lipinski definition) is 4. The molecule has 0 radical (unpaired) electrons. The van der Waals surface area contributed by atoms with Crippen LogP contribution in [0, 0.1) is 0 Å². The van der Waals surface area contributed by atoms with Gasteiger partial charge in [0.05, 0.1) is 4.90 Å². The Kier molecular flexibility index (Phi) is 7.67. The Labute approximate surface area is 207 Å². The van der Waals surface area contributed by atoms with Crippen LogP contribution in [0.1, 0.15) is 18.4 Å². The van der Waals surface area contributed by atoms with Crippen LogP contribution >= 0.6 is 23.2 Å². The zero-order chi connectivity index (χ0) is 25.1. The number of rotatable bonds is 9. The van der Waals surface area contributed by atoms with Crippen LogP contribution in [0.5, 0.6) is 0 Å². The molecule has 10 heteroatoms. The molecule has 178 valence electrons. The average molecular weight is 522 g/mol. The molecule has 0 spiro atoms. The van der Waals surface area contributed by atoms with Gasteiger partial charge in [0.15, 0.2) is 0 Å². The third kappa shape index (κ3) is 5.10. The van der Waals surface area contributed by atoms with Gasteiger partial charge in [-0.3, -0.25) is 4.79 Å². The van der Waals surface area contributed by atoms with E-state index in [1.807, 2.05) is 0 Å². The first-order valence-electron chi connectivity index (χ1n) is 10.1. The number of nitrogens with zero attached hydrogens (tertiary/aromatic N) is 1. The minimum Gasteiger partial charge on any atom is -0.480 e. The first kappa shape index (κ1) is 25.7. The molecule has 0 unspecified atom stereocenters. The molecule has 0 saturated carbocycles. The highest BCUT2D eigenvalue weighted by molar-refractivity contribution is 7.89. The van der Waals surface area contributed by atoms with Crippen LogP contribution in [-0.2, 0) is 19.6 Å². The number of carboxylic acids is 2. The number of sulfonamides is 1. The fraction of sp³-hybridized carbons (Fsp3) is 0.167. The number of carboxylic acid groups (broad SMARTS) is 2. The normalized spacial score (nSPS) is 14.4. The van der Waals surface area contributed by atoms with Crippen LogP contribution < -0.4 is 0 Å². The zero-order valence-electron chi connectivity index (χ0n) is 17.9. The summed E-state index contributed by atoms with van der Waals surface area (Å²) in [5.74, 6) is -4.32. The molecule has 0 aromatic heterocycles. The third-order valence-electron chi connectivity index (χ3n) is 5.44.